The molecule has 4 saturated heterocycles. The summed E-state index contributed by atoms with van der Waals surface area (Å²) in [6, 6.07) is 1.05. The summed E-state index contributed by atoms with van der Waals surface area (Å²) in [7, 11) is 3.81. The van der Waals surface area contributed by atoms with Crippen LogP contribution in [0.25, 0.3) is 0 Å². The lowest BCUT2D eigenvalue weighted by atomic mass is 9.80. The molecule has 142 valence electrons. The van der Waals surface area contributed by atoms with Gasteiger partial charge in [0.05, 0.1) is 24.8 Å². The number of hydrogen-bond acceptors (Lipinski definition) is 6. The Morgan fingerprint density at radius 1 is 1.16 bits per heavy atom. The number of likely N-dealkylation sites (tertiary alicyclic amines) is 2. The molecular formula is C18H32N4O3. The molecule has 0 aromatic carbocycles. The van der Waals surface area contributed by atoms with Crippen molar-refractivity contribution in [2.24, 2.45) is 0 Å². The minimum Gasteiger partial charge on any atom is -0.378 e. The van der Waals surface area contributed by atoms with Crippen LogP contribution in [0.2, 0.25) is 0 Å². The third-order valence-corrected chi connectivity index (χ3v) is 6.57. The Morgan fingerprint density at radius 2 is 1.92 bits per heavy atom. The van der Waals surface area contributed by atoms with Crippen LogP contribution in [-0.4, -0.2) is 123 Å². The molecule has 0 saturated carbocycles. The molecule has 1 atom stereocenters. The lowest BCUT2D eigenvalue weighted by Gasteiger charge is -2.65. The zero-order valence-corrected chi connectivity index (χ0v) is 15.7. The van der Waals surface area contributed by atoms with Crippen LogP contribution < -0.4 is 0 Å². The molecular weight excluding hydrogens is 320 g/mol. The van der Waals surface area contributed by atoms with Crippen LogP contribution in [0.4, 0.5) is 0 Å². The fraction of sp³-hybridized carbons (Fsp3) is 0.944. The van der Waals surface area contributed by atoms with Crippen LogP contribution in [0.1, 0.15) is 12.8 Å². The van der Waals surface area contributed by atoms with Crippen molar-refractivity contribution in [1.82, 2.24) is 19.6 Å². The Hall–Kier alpha value is -0.730. The first-order valence-electron chi connectivity index (χ1n) is 9.65. The summed E-state index contributed by atoms with van der Waals surface area (Å²) in [5.41, 5.74) is 0.124. The minimum atomic E-state index is 0.116. The van der Waals surface area contributed by atoms with Crippen molar-refractivity contribution in [2.45, 2.75) is 30.5 Å². The van der Waals surface area contributed by atoms with Crippen molar-refractivity contribution < 1.29 is 14.3 Å². The molecule has 0 N–H and O–H groups in total. The Balaban J connectivity index is 1.44. The highest BCUT2D eigenvalue weighted by Crippen LogP contribution is 2.38. The fourth-order valence-electron chi connectivity index (χ4n) is 5.21. The molecule has 1 spiro atoms. The van der Waals surface area contributed by atoms with Gasteiger partial charge in [-0.15, -0.1) is 0 Å². The molecule has 0 aromatic rings. The third-order valence-electron chi connectivity index (χ3n) is 6.57. The van der Waals surface area contributed by atoms with Crippen molar-refractivity contribution in [3.8, 4) is 0 Å². The number of methoxy groups -OCH3 is 1. The number of ether oxygens (including phenoxy) is 2. The number of morpholine rings is 1. The lowest BCUT2D eigenvalue weighted by molar-refractivity contribution is -0.183. The van der Waals surface area contributed by atoms with Gasteiger partial charge in [-0.3, -0.25) is 14.6 Å². The van der Waals surface area contributed by atoms with Gasteiger partial charge in [0.15, 0.2) is 0 Å². The van der Waals surface area contributed by atoms with Gasteiger partial charge < -0.3 is 19.3 Å². The first-order valence-corrected chi connectivity index (χ1v) is 9.65. The van der Waals surface area contributed by atoms with Gasteiger partial charge >= 0.3 is 0 Å². The number of nitrogens with zero attached hydrogens (tertiary/aromatic N) is 4. The van der Waals surface area contributed by atoms with E-state index in [2.05, 4.69) is 21.7 Å². The monoisotopic (exact) mass is 352 g/mol. The highest BCUT2D eigenvalue weighted by Gasteiger charge is 2.55. The maximum absolute atomic E-state index is 12.4. The number of piperazine rings is 1. The van der Waals surface area contributed by atoms with Gasteiger partial charge in [0.2, 0.25) is 5.91 Å². The predicted octanol–water partition coefficient (Wildman–Crippen LogP) is -0.676. The van der Waals surface area contributed by atoms with Crippen LogP contribution in [0.5, 0.6) is 0 Å². The number of amides is 1. The first kappa shape index (κ1) is 17.7. The number of hydrogen-bond donors (Lipinski definition) is 0. The molecule has 4 aliphatic rings. The van der Waals surface area contributed by atoms with Gasteiger partial charge in [-0.2, -0.15) is 0 Å². The van der Waals surface area contributed by atoms with Gasteiger partial charge in [0.1, 0.15) is 6.61 Å². The summed E-state index contributed by atoms with van der Waals surface area (Å²) >= 11 is 0. The third kappa shape index (κ3) is 3.32. The first-order chi connectivity index (χ1) is 12.1. The van der Waals surface area contributed by atoms with Gasteiger partial charge in [-0.05, 0) is 33.0 Å². The van der Waals surface area contributed by atoms with Gasteiger partial charge in [0.25, 0.3) is 0 Å². The standard InChI is InChI=1S/C18H32N4O3/c1-19-5-3-15(4-6-19)21-13-18(14-21)12-20(17(23)11-24-2)9-16-10-25-8-7-22(16)18/h15-16H,3-14H2,1-2H3. The highest BCUT2D eigenvalue weighted by atomic mass is 16.5. The van der Waals surface area contributed by atoms with Crippen molar-refractivity contribution in [1.29, 1.82) is 0 Å². The van der Waals surface area contributed by atoms with E-state index >= 15 is 0 Å². The summed E-state index contributed by atoms with van der Waals surface area (Å²) in [5, 5.41) is 0. The van der Waals surface area contributed by atoms with Crippen LogP contribution in [0.15, 0.2) is 0 Å². The molecule has 0 aliphatic carbocycles. The summed E-state index contributed by atoms with van der Waals surface area (Å²) in [6.45, 7) is 8.95. The van der Waals surface area contributed by atoms with Crippen LogP contribution in [0.3, 0.4) is 0 Å². The largest absolute Gasteiger partial charge is 0.378 e. The van der Waals surface area contributed by atoms with Gasteiger partial charge in [-0.1, -0.05) is 0 Å². The van der Waals surface area contributed by atoms with E-state index < -0.39 is 0 Å². The zero-order valence-electron chi connectivity index (χ0n) is 15.7. The van der Waals surface area contributed by atoms with E-state index in [-0.39, 0.29) is 18.1 Å². The van der Waals surface area contributed by atoms with Crippen molar-refractivity contribution in [3.05, 3.63) is 0 Å². The second-order valence-electron chi connectivity index (χ2n) is 8.29. The molecule has 7 nitrogen and oxygen atoms in total. The maximum Gasteiger partial charge on any atom is 0.248 e. The number of carbonyl (C=O) groups excluding carboxylic acids is 1. The molecule has 1 amide bonds. The van der Waals surface area contributed by atoms with E-state index in [0.717, 1.165) is 45.9 Å². The second kappa shape index (κ2) is 7.12. The van der Waals surface area contributed by atoms with Crippen molar-refractivity contribution >= 4 is 5.91 Å². The minimum absolute atomic E-state index is 0.116. The van der Waals surface area contributed by atoms with E-state index in [1.165, 1.54) is 25.9 Å². The van der Waals surface area contributed by atoms with Gasteiger partial charge in [-0.25, -0.2) is 0 Å². The molecule has 0 bridgehead atoms. The normalized spacial score (nSPS) is 31.8. The van der Waals surface area contributed by atoms with Crippen molar-refractivity contribution in [2.75, 3.05) is 79.8 Å². The highest BCUT2D eigenvalue weighted by molar-refractivity contribution is 5.77. The van der Waals surface area contributed by atoms with E-state index in [0.29, 0.717) is 12.1 Å². The maximum atomic E-state index is 12.4. The van der Waals surface area contributed by atoms with E-state index in [1.807, 2.05) is 4.90 Å². The molecule has 4 heterocycles. The van der Waals surface area contributed by atoms with E-state index in [4.69, 9.17) is 9.47 Å². The molecule has 0 radical (unpaired) electrons. The molecule has 4 fully saturated rings. The Bertz CT molecular complexity index is 489. The summed E-state index contributed by atoms with van der Waals surface area (Å²) in [5.74, 6) is 0.116. The average Bonchev–Trinajstić information content (AvgIpc) is 2.60. The molecule has 4 rings (SSSR count). The molecule has 7 heteroatoms. The van der Waals surface area contributed by atoms with E-state index in [9.17, 15) is 4.79 Å². The number of carbonyl (C=O) groups is 1. The van der Waals surface area contributed by atoms with Gasteiger partial charge in [0, 0.05) is 45.9 Å². The zero-order chi connectivity index (χ0) is 17.4. The smallest absolute Gasteiger partial charge is 0.248 e. The summed E-state index contributed by atoms with van der Waals surface area (Å²) in [4.78, 5) is 22.2. The van der Waals surface area contributed by atoms with Crippen LogP contribution in [-0.2, 0) is 14.3 Å². The van der Waals surface area contributed by atoms with Crippen molar-refractivity contribution in [3.63, 3.8) is 0 Å². The lowest BCUT2D eigenvalue weighted by Crippen LogP contribution is -2.82. The summed E-state index contributed by atoms with van der Waals surface area (Å²) < 4.78 is 10.8. The van der Waals surface area contributed by atoms with E-state index in [1.54, 1.807) is 7.11 Å². The topological polar surface area (TPSA) is 48.5 Å². The Kier molecular flexibility index (Phi) is 5.03. The SMILES string of the molecule is COCC(=O)N1CC2COCCN2C2(C1)CN(C1CCN(C)CC1)C2. The number of piperidine rings is 1. The number of rotatable bonds is 3. The fourth-order valence-corrected chi connectivity index (χ4v) is 5.21. The average molecular weight is 352 g/mol. The Morgan fingerprint density at radius 3 is 2.64 bits per heavy atom. The molecule has 25 heavy (non-hydrogen) atoms. The van der Waals surface area contributed by atoms with Crippen LogP contribution >= 0.6 is 0 Å². The predicted molar refractivity (Wildman–Crippen MR) is 94.6 cm³/mol. The Labute approximate surface area is 150 Å². The van der Waals surface area contributed by atoms with Crippen LogP contribution in [0, 0.1) is 0 Å². The molecule has 1 unspecified atom stereocenters. The number of fused-ring (bicyclic) bond motifs is 2. The quantitative estimate of drug-likeness (QED) is 0.671. The molecule has 4 aliphatic heterocycles. The second-order valence-corrected chi connectivity index (χ2v) is 8.29. The molecule has 0 aromatic heterocycles. The summed E-state index contributed by atoms with van der Waals surface area (Å²) in [6.07, 6.45) is 2.54.